The molecule has 2 amide bonds. The Kier molecular flexibility index (Phi) is 5.94. The Bertz CT molecular complexity index is 1030. The number of anilines is 4. The molecular formula is C21H19N5O3. The molecule has 1 aromatic heterocycles. The van der Waals surface area contributed by atoms with Crippen molar-refractivity contribution in [2.75, 3.05) is 16.0 Å². The molecule has 0 spiro atoms. The number of Topliss-reactive ketones (excluding diaryl/α,β-unsaturated/α-hetero) is 1. The van der Waals surface area contributed by atoms with Crippen molar-refractivity contribution < 1.29 is 14.4 Å². The van der Waals surface area contributed by atoms with Crippen LogP contribution in [-0.4, -0.2) is 27.6 Å². The van der Waals surface area contributed by atoms with E-state index in [1.807, 2.05) is 0 Å². The molecule has 3 N–H and O–H groups in total. The highest BCUT2D eigenvalue weighted by Crippen LogP contribution is 2.17. The summed E-state index contributed by atoms with van der Waals surface area (Å²) in [6.07, 6.45) is 2.82. The van der Waals surface area contributed by atoms with E-state index in [0.29, 0.717) is 22.8 Å². The maximum Gasteiger partial charge on any atom is 0.275 e. The Hall–Kier alpha value is -4.07. The lowest BCUT2D eigenvalue weighted by atomic mass is 10.1. The van der Waals surface area contributed by atoms with Crippen molar-refractivity contribution in [3.8, 4) is 0 Å². The van der Waals surface area contributed by atoms with E-state index < -0.39 is 5.91 Å². The molecule has 0 saturated carbocycles. The molecule has 2 aromatic carbocycles. The maximum atomic E-state index is 12.3. The molecule has 3 rings (SSSR count). The fourth-order valence-electron chi connectivity index (χ4n) is 2.48. The number of nitrogens with zero attached hydrogens (tertiary/aromatic N) is 2. The maximum absolute atomic E-state index is 12.3. The molecule has 8 nitrogen and oxygen atoms in total. The first-order valence-corrected chi connectivity index (χ1v) is 8.80. The molecule has 8 heteroatoms. The molecule has 29 heavy (non-hydrogen) atoms. The molecular weight excluding hydrogens is 370 g/mol. The van der Waals surface area contributed by atoms with Crippen molar-refractivity contribution in [2.45, 2.75) is 13.8 Å². The van der Waals surface area contributed by atoms with Gasteiger partial charge >= 0.3 is 0 Å². The summed E-state index contributed by atoms with van der Waals surface area (Å²) in [7, 11) is 0. The summed E-state index contributed by atoms with van der Waals surface area (Å²) >= 11 is 0. The summed E-state index contributed by atoms with van der Waals surface area (Å²) in [4.78, 5) is 43.0. The number of hydrogen-bond acceptors (Lipinski definition) is 6. The van der Waals surface area contributed by atoms with Crippen LogP contribution >= 0.6 is 0 Å². The van der Waals surface area contributed by atoms with E-state index in [1.54, 1.807) is 48.5 Å². The van der Waals surface area contributed by atoms with Gasteiger partial charge in [0.05, 0.1) is 12.4 Å². The average Bonchev–Trinajstić information content (AvgIpc) is 2.70. The Morgan fingerprint density at radius 3 is 1.86 bits per heavy atom. The largest absolute Gasteiger partial charge is 0.339 e. The molecule has 0 radical (unpaired) electrons. The topological polar surface area (TPSA) is 113 Å². The third kappa shape index (κ3) is 5.46. The Morgan fingerprint density at radius 2 is 1.31 bits per heavy atom. The standard InChI is InChI=1S/C21H19N5O3/c1-13(27)15-3-5-18(6-4-15)26-21(29)19-11-23-20(12-22-19)25-17-9-7-16(8-10-17)24-14(2)28/h3-12H,1-2H3,(H,23,25)(H,24,28)(H,26,29). The first kappa shape index (κ1) is 19.7. The Labute approximate surface area is 167 Å². The van der Waals surface area contributed by atoms with Gasteiger partial charge in [-0.2, -0.15) is 0 Å². The molecule has 3 aromatic rings. The lowest BCUT2D eigenvalue weighted by Gasteiger charge is -2.08. The van der Waals surface area contributed by atoms with E-state index in [1.165, 1.54) is 26.2 Å². The van der Waals surface area contributed by atoms with Crippen LogP contribution in [0.15, 0.2) is 60.9 Å². The van der Waals surface area contributed by atoms with Crippen molar-refractivity contribution in [3.05, 3.63) is 72.2 Å². The quantitative estimate of drug-likeness (QED) is 0.555. The normalized spacial score (nSPS) is 10.1. The number of nitrogens with one attached hydrogen (secondary N) is 3. The van der Waals surface area contributed by atoms with E-state index in [9.17, 15) is 14.4 Å². The van der Waals surface area contributed by atoms with Crippen molar-refractivity contribution in [3.63, 3.8) is 0 Å². The third-order valence-corrected chi connectivity index (χ3v) is 3.91. The van der Waals surface area contributed by atoms with Gasteiger partial charge in [-0.15, -0.1) is 0 Å². The third-order valence-electron chi connectivity index (χ3n) is 3.91. The number of amides is 2. The van der Waals surface area contributed by atoms with Crippen molar-refractivity contribution in [1.82, 2.24) is 9.97 Å². The summed E-state index contributed by atoms with van der Waals surface area (Å²) in [5.41, 5.74) is 2.74. The number of carbonyl (C=O) groups is 3. The summed E-state index contributed by atoms with van der Waals surface area (Å²) in [6.45, 7) is 2.93. The predicted molar refractivity (Wildman–Crippen MR) is 110 cm³/mol. The Balaban J connectivity index is 1.61. The van der Waals surface area contributed by atoms with Gasteiger partial charge in [0.15, 0.2) is 5.78 Å². The zero-order valence-electron chi connectivity index (χ0n) is 15.9. The minimum Gasteiger partial charge on any atom is -0.339 e. The lowest BCUT2D eigenvalue weighted by molar-refractivity contribution is -0.114. The van der Waals surface area contributed by atoms with Crippen molar-refractivity contribution >= 4 is 40.5 Å². The Morgan fingerprint density at radius 1 is 0.724 bits per heavy atom. The van der Waals surface area contributed by atoms with Gasteiger partial charge in [0, 0.05) is 29.5 Å². The van der Waals surface area contributed by atoms with E-state index in [-0.39, 0.29) is 17.4 Å². The van der Waals surface area contributed by atoms with Crippen LogP contribution in [0, 0.1) is 0 Å². The van der Waals surface area contributed by atoms with Crippen LogP contribution in [0.5, 0.6) is 0 Å². The fraction of sp³-hybridized carbons (Fsp3) is 0.0952. The highest BCUT2D eigenvalue weighted by Gasteiger charge is 2.09. The second-order valence-electron chi connectivity index (χ2n) is 6.26. The zero-order chi connectivity index (χ0) is 20.8. The smallest absolute Gasteiger partial charge is 0.275 e. The monoisotopic (exact) mass is 389 g/mol. The molecule has 0 bridgehead atoms. The van der Waals surface area contributed by atoms with Gasteiger partial charge < -0.3 is 16.0 Å². The van der Waals surface area contributed by atoms with Gasteiger partial charge in [0.25, 0.3) is 5.91 Å². The molecule has 146 valence electrons. The molecule has 0 saturated heterocycles. The summed E-state index contributed by atoms with van der Waals surface area (Å²) in [6, 6.07) is 13.7. The van der Waals surface area contributed by atoms with Crippen LogP contribution in [-0.2, 0) is 4.79 Å². The lowest BCUT2D eigenvalue weighted by Crippen LogP contribution is -2.14. The number of hydrogen-bond donors (Lipinski definition) is 3. The first-order valence-electron chi connectivity index (χ1n) is 8.80. The fourth-order valence-corrected chi connectivity index (χ4v) is 2.48. The number of aromatic nitrogens is 2. The van der Waals surface area contributed by atoms with Gasteiger partial charge in [0.2, 0.25) is 5.91 Å². The van der Waals surface area contributed by atoms with Crippen LogP contribution in [0.1, 0.15) is 34.7 Å². The molecule has 0 aliphatic heterocycles. The zero-order valence-corrected chi connectivity index (χ0v) is 15.9. The number of ketones is 1. The van der Waals surface area contributed by atoms with Crippen molar-refractivity contribution in [2.24, 2.45) is 0 Å². The van der Waals surface area contributed by atoms with E-state index in [0.717, 1.165) is 5.69 Å². The average molecular weight is 389 g/mol. The highest BCUT2D eigenvalue weighted by atomic mass is 16.2. The molecule has 0 fully saturated rings. The summed E-state index contributed by atoms with van der Waals surface area (Å²) in [5.74, 6) is -0.110. The van der Waals surface area contributed by atoms with Crippen LogP contribution in [0.25, 0.3) is 0 Å². The molecule has 0 unspecified atom stereocenters. The van der Waals surface area contributed by atoms with E-state index in [2.05, 4.69) is 25.9 Å². The van der Waals surface area contributed by atoms with Gasteiger partial charge in [-0.25, -0.2) is 9.97 Å². The minimum absolute atomic E-state index is 0.0402. The second kappa shape index (κ2) is 8.75. The molecule has 1 heterocycles. The summed E-state index contributed by atoms with van der Waals surface area (Å²) < 4.78 is 0. The second-order valence-corrected chi connectivity index (χ2v) is 6.26. The minimum atomic E-state index is -0.403. The van der Waals surface area contributed by atoms with E-state index >= 15 is 0 Å². The first-order chi connectivity index (χ1) is 13.9. The SMILES string of the molecule is CC(=O)Nc1ccc(Nc2cnc(C(=O)Nc3ccc(C(C)=O)cc3)cn2)cc1. The number of rotatable bonds is 6. The molecule has 0 atom stereocenters. The van der Waals surface area contributed by atoms with Crippen LogP contribution in [0.3, 0.4) is 0 Å². The molecule has 0 aliphatic rings. The van der Waals surface area contributed by atoms with E-state index in [4.69, 9.17) is 0 Å². The highest BCUT2D eigenvalue weighted by molar-refractivity contribution is 6.03. The van der Waals surface area contributed by atoms with Gasteiger partial charge in [-0.3, -0.25) is 14.4 Å². The number of benzene rings is 2. The molecule has 0 aliphatic carbocycles. The summed E-state index contributed by atoms with van der Waals surface area (Å²) in [5, 5.41) is 8.46. The van der Waals surface area contributed by atoms with Gasteiger partial charge in [0.1, 0.15) is 11.5 Å². The predicted octanol–water partition coefficient (Wildman–Crippen LogP) is 3.63. The van der Waals surface area contributed by atoms with Crippen LogP contribution < -0.4 is 16.0 Å². The van der Waals surface area contributed by atoms with Gasteiger partial charge in [-0.05, 0) is 55.5 Å². The van der Waals surface area contributed by atoms with Gasteiger partial charge in [-0.1, -0.05) is 0 Å². The van der Waals surface area contributed by atoms with Crippen LogP contribution in [0.2, 0.25) is 0 Å². The number of carbonyl (C=O) groups excluding carboxylic acids is 3. The van der Waals surface area contributed by atoms with Crippen molar-refractivity contribution in [1.29, 1.82) is 0 Å². The van der Waals surface area contributed by atoms with Crippen LogP contribution in [0.4, 0.5) is 22.9 Å².